The predicted octanol–water partition coefficient (Wildman–Crippen LogP) is 3.62. The number of esters is 1. The number of nitrogens with zero attached hydrogens (tertiary/aromatic N) is 1. The van der Waals surface area contributed by atoms with Crippen LogP contribution in [0, 0.1) is 0 Å². The van der Waals surface area contributed by atoms with E-state index in [1.54, 1.807) is 37.4 Å². The van der Waals surface area contributed by atoms with E-state index in [2.05, 4.69) is 0 Å². The first-order valence-electron chi connectivity index (χ1n) is 7.84. The van der Waals surface area contributed by atoms with Crippen LogP contribution in [0.1, 0.15) is 20.7 Å². The molecule has 5 nitrogen and oxygen atoms in total. The second kappa shape index (κ2) is 5.94. The van der Waals surface area contributed by atoms with Crippen LogP contribution in [0.2, 0.25) is 0 Å². The van der Waals surface area contributed by atoms with Gasteiger partial charge in [-0.1, -0.05) is 24.3 Å². The molecule has 0 spiro atoms. The molecule has 0 bridgehead atoms. The Bertz CT molecular complexity index is 973. The van der Waals surface area contributed by atoms with Gasteiger partial charge >= 0.3 is 5.97 Å². The molecule has 4 rings (SSSR count). The molecule has 1 aliphatic rings. The molecule has 0 saturated heterocycles. The van der Waals surface area contributed by atoms with Crippen LogP contribution < -0.4 is 9.64 Å². The van der Waals surface area contributed by atoms with Gasteiger partial charge in [-0.05, 0) is 41.8 Å². The van der Waals surface area contributed by atoms with E-state index in [1.165, 1.54) is 4.90 Å². The van der Waals surface area contributed by atoms with E-state index in [1.807, 2.05) is 30.3 Å². The van der Waals surface area contributed by atoms with E-state index in [4.69, 9.17) is 9.47 Å². The van der Waals surface area contributed by atoms with Crippen LogP contribution in [0.3, 0.4) is 0 Å². The van der Waals surface area contributed by atoms with Crippen LogP contribution in [0.15, 0.2) is 60.7 Å². The van der Waals surface area contributed by atoms with Crippen molar-refractivity contribution in [3.05, 3.63) is 71.8 Å². The molecule has 0 atom stereocenters. The Hall–Kier alpha value is -3.34. The summed E-state index contributed by atoms with van der Waals surface area (Å²) in [5.74, 6) is 0.0151. The zero-order valence-corrected chi connectivity index (χ0v) is 13.6. The summed E-state index contributed by atoms with van der Waals surface area (Å²) in [7, 11) is 1.56. The maximum Gasteiger partial charge on any atom is 0.339 e. The highest BCUT2D eigenvalue weighted by atomic mass is 16.5. The van der Waals surface area contributed by atoms with Gasteiger partial charge in [-0.25, -0.2) is 4.79 Å². The lowest BCUT2D eigenvalue weighted by Gasteiger charge is -2.17. The minimum absolute atomic E-state index is 0.127. The Morgan fingerprint density at radius 1 is 1.00 bits per heavy atom. The summed E-state index contributed by atoms with van der Waals surface area (Å²) in [5.41, 5.74) is 1.80. The molecule has 0 N–H and O–H groups in total. The van der Waals surface area contributed by atoms with Gasteiger partial charge in [0.2, 0.25) is 0 Å². The van der Waals surface area contributed by atoms with E-state index in [-0.39, 0.29) is 12.6 Å². The Labute approximate surface area is 144 Å². The van der Waals surface area contributed by atoms with Crippen LogP contribution in [-0.4, -0.2) is 25.7 Å². The van der Waals surface area contributed by atoms with Gasteiger partial charge in [0.15, 0.2) is 6.73 Å². The van der Waals surface area contributed by atoms with Crippen LogP contribution in [0.4, 0.5) is 5.69 Å². The number of rotatable bonds is 4. The molecule has 0 fully saturated rings. The number of carbonyl (C=O) groups is 2. The van der Waals surface area contributed by atoms with Gasteiger partial charge in [0.1, 0.15) is 5.75 Å². The fraction of sp³-hybridized carbons (Fsp3) is 0.100. The van der Waals surface area contributed by atoms with Crippen molar-refractivity contribution >= 4 is 28.3 Å². The summed E-state index contributed by atoms with van der Waals surface area (Å²) in [4.78, 5) is 26.3. The van der Waals surface area contributed by atoms with Crippen molar-refractivity contribution in [1.82, 2.24) is 0 Å². The van der Waals surface area contributed by atoms with Gasteiger partial charge < -0.3 is 9.47 Å². The highest BCUT2D eigenvalue weighted by Crippen LogP contribution is 2.36. The number of carbonyl (C=O) groups excluding carboxylic acids is 2. The molecule has 0 aromatic heterocycles. The fourth-order valence-corrected chi connectivity index (χ4v) is 3.04. The van der Waals surface area contributed by atoms with Crippen molar-refractivity contribution in [2.24, 2.45) is 0 Å². The molecule has 3 aromatic rings. The van der Waals surface area contributed by atoms with Crippen molar-refractivity contribution in [1.29, 1.82) is 0 Å². The van der Waals surface area contributed by atoms with Gasteiger partial charge in [-0.15, -0.1) is 0 Å². The average Bonchev–Trinajstić information content (AvgIpc) is 2.94. The number of ether oxygens (including phenoxy) is 2. The third kappa shape index (κ3) is 2.50. The first-order valence-corrected chi connectivity index (χ1v) is 7.84. The molecule has 25 heavy (non-hydrogen) atoms. The maximum atomic E-state index is 12.6. The molecule has 1 aliphatic heterocycles. The van der Waals surface area contributed by atoms with Crippen molar-refractivity contribution in [3.63, 3.8) is 0 Å². The molecule has 5 heteroatoms. The first kappa shape index (κ1) is 15.2. The Morgan fingerprint density at radius 3 is 2.44 bits per heavy atom. The van der Waals surface area contributed by atoms with E-state index >= 15 is 0 Å². The summed E-state index contributed by atoms with van der Waals surface area (Å²) in [6, 6.07) is 17.9. The van der Waals surface area contributed by atoms with Crippen LogP contribution in [0.25, 0.3) is 10.8 Å². The summed E-state index contributed by atoms with van der Waals surface area (Å²) >= 11 is 0. The molecule has 0 aliphatic carbocycles. The highest BCUT2D eigenvalue weighted by molar-refractivity contribution is 6.25. The van der Waals surface area contributed by atoms with Gasteiger partial charge in [0.05, 0.1) is 18.4 Å². The number of hydrogen-bond donors (Lipinski definition) is 0. The molecular weight excluding hydrogens is 318 g/mol. The highest BCUT2D eigenvalue weighted by Gasteiger charge is 2.30. The van der Waals surface area contributed by atoms with Gasteiger partial charge in [0, 0.05) is 10.9 Å². The topological polar surface area (TPSA) is 55.8 Å². The third-order valence-corrected chi connectivity index (χ3v) is 4.30. The lowest BCUT2D eigenvalue weighted by atomic mass is 10.1. The molecule has 124 valence electrons. The lowest BCUT2D eigenvalue weighted by Crippen LogP contribution is -2.30. The number of hydrogen-bond acceptors (Lipinski definition) is 4. The predicted molar refractivity (Wildman–Crippen MR) is 94.0 cm³/mol. The van der Waals surface area contributed by atoms with Crippen molar-refractivity contribution in [3.8, 4) is 5.75 Å². The normalized spacial score (nSPS) is 12.5. The smallest absolute Gasteiger partial charge is 0.339 e. The van der Waals surface area contributed by atoms with E-state index < -0.39 is 5.97 Å². The van der Waals surface area contributed by atoms with E-state index in [9.17, 15) is 9.59 Å². The second-order valence-corrected chi connectivity index (χ2v) is 5.70. The molecular formula is C20H15NO4. The van der Waals surface area contributed by atoms with Crippen LogP contribution in [-0.2, 0) is 4.74 Å². The number of benzene rings is 3. The van der Waals surface area contributed by atoms with Gasteiger partial charge in [-0.3, -0.25) is 9.69 Å². The van der Waals surface area contributed by atoms with Crippen LogP contribution in [0.5, 0.6) is 5.75 Å². The fourth-order valence-electron chi connectivity index (χ4n) is 3.04. The Morgan fingerprint density at radius 2 is 1.72 bits per heavy atom. The minimum atomic E-state index is -0.487. The Balaban J connectivity index is 1.55. The first-order chi connectivity index (χ1) is 12.2. The number of amides is 1. The summed E-state index contributed by atoms with van der Waals surface area (Å²) in [6.45, 7) is -0.127. The quantitative estimate of drug-likeness (QED) is 0.684. The van der Waals surface area contributed by atoms with Crippen molar-refractivity contribution < 1.29 is 19.1 Å². The summed E-state index contributed by atoms with van der Waals surface area (Å²) in [6.07, 6.45) is 0. The zero-order chi connectivity index (χ0) is 17.4. The molecule has 1 amide bonds. The SMILES string of the molecule is COc1ccc(C(=O)OCN2C(=O)c3cccc4cccc2c34)cc1. The average molecular weight is 333 g/mol. The monoisotopic (exact) mass is 333 g/mol. The summed E-state index contributed by atoms with van der Waals surface area (Å²) in [5, 5.41) is 1.89. The second-order valence-electron chi connectivity index (χ2n) is 5.70. The standard InChI is InChI=1S/C20H15NO4/c1-24-15-10-8-14(9-11-15)20(23)25-12-21-17-7-3-5-13-4-2-6-16(18(13)17)19(21)22/h2-11H,12H2,1H3. The molecule has 0 radical (unpaired) electrons. The summed E-state index contributed by atoms with van der Waals surface area (Å²) < 4.78 is 10.4. The lowest BCUT2D eigenvalue weighted by molar-refractivity contribution is 0.0500. The van der Waals surface area contributed by atoms with Gasteiger partial charge in [0.25, 0.3) is 5.91 Å². The maximum absolute atomic E-state index is 12.6. The van der Waals surface area contributed by atoms with E-state index in [0.717, 1.165) is 16.5 Å². The molecule has 1 heterocycles. The molecule has 3 aromatic carbocycles. The van der Waals surface area contributed by atoms with Gasteiger partial charge in [-0.2, -0.15) is 0 Å². The van der Waals surface area contributed by atoms with Crippen LogP contribution >= 0.6 is 0 Å². The van der Waals surface area contributed by atoms with E-state index in [0.29, 0.717) is 16.9 Å². The minimum Gasteiger partial charge on any atom is -0.497 e. The zero-order valence-electron chi connectivity index (χ0n) is 13.6. The number of anilines is 1. The number of methoxy groups -OCH3 is 1. The Kier molecular flexibility index (Phi) is 3.61. The van der Waals surface area contributed by atoms with Crippen molar-refractivity contribution in [2.45, 2.75) is 0 Å². The third-order valence-electron chi connectivity index (χ3n) is 4.30. The molecule has 0 saturated carbocycles. The van der Waals surface area contributed by atoms with Crippen molar-refractivity contribution in [2.75, 3.05) is 18.7 Å². The largest absolute Gasteiger partial charge is 0.497 e. The molecule has 0 unspecified atom stereocenters.